The smallest absolute Gasteiger partial charge is 0.254 e. The third kappa shape index (κ3) is 4.66. The number of nitrogens with zero attached hydrogens (tertiary/aromatic N) is 3. The van der Waals surface area contributed by atoms with Crippen LogP contribution in [0.15, 0.2) is 53.4 Å². The summed E-state index contributed by atoms with van der Waals surface area (Å²) in [6.45, 7) is 1.96. The fourth-order valence-electron chi connectivity index (χ4n) is 3.54. The molecule has 0 saturated carbocycles. The standard InChI is InChI=1S/C21H26FN3O3S/c1-23(2)29(27,28)20-14-17(9-10-19(20)22)21(26)25-12-11-24(3)15-18(25)13-16-7-5-4-6-8-16/h4-10,14,18H,11-13,15H2,1-3H3. The summed E-state index contributed by atoms with van der Waals surface area (Å²) in [5, 5.41) is 0. The predicted molar refractivity (Wildman–Crippen MR) is 110 cm³/mol. The van der Waals surface area contributed by atoms with Gasteiger partial charge in [-0.3, -0.25) is 4.79 Å². The minimum Gasteiger partial charge on any atom is -0.333 e. The molecule has 1 atom stereocenters. The van der Waals surface area contributed by atoms with E-state index in [4.69, 9.17) is 0 Å². The Bertz CT molecular complexity index is 980. The minimum absolute atomic E-state index is 0.0531. The molecular weight excluding hydrogens is 393 g/mol. The summed E-state index contributed by atoms with van der Waals surface area (Å²) in [6.07, 6.45) is 0.695. The normalized spacial score (nSPS) is 18.2. The van der Waals surface area contributed by atoms with Crippen molar-refractivity contribution in [3.8, 4) is 0 Å². The molecule has 1 fully saturated rings. The Labute approximate surface area is 171 Å². The number of hydrogen-bond acceptors (Lipinski definition) is 4. The molecule has 1 amide bonds. The lowest BCUT2D eigenvalue weighted by atomic mass is 10.0. The fraction of sp³-hybridized carbons (Fsp3) is 0.381. The lowest BCUT2D eigenvalue weighted by molar-refractivity contribution is 0.0501. The van der Waals surface area contributed by atoms with Gasteiger partial charge in [0.05, 0.1) is 0 Å². The molecule has 0 bridgehead atoms. The van der Waals surface area contributed by atoms with Crippen LogP contribution in [-0.2, 0) is 16.4 Å². The summed E-state index contributed by atoms with van der Waals surface area (Å²) in [7, 11) is 0.693. The number of carbonyl (C=O) groups is 1. The highest BCUT2D eigenvalue weighted by Gasteiger charge is 2.31. The zero-order chi connectivity index (χ0) is 21.2. The van der Waals surface area contributed by atoms with Gasteiger partial charge in [0, 0.05) is 45.3 Å². The fourth-order valence-corrected chi connectivity index (χ4v) is 4.52. The molecule has 8 heteroatoms. The molecule has 0 N–H and O–H groups in total. The van der Waals surface area contributed by atoms with Crippen molar-refractivity contribution < 1.29 is 17.6 Å². The number of amides is 1. The highest BCUT2D eigenvalue weighted by molar-refractivity contribution is 7.89. The Balaban J connectivity index is 1.91. The Morgan fingerprint density at radius 3 is 2.48 bits per heavy atom. The molecule has 6 nitrogen and oxygen atoms in total. The summed E-state index contributed by atoms with van der Waals surface area (Å²) >= 11 is 0. The maximum atomic E-state index is 14.2. The van der Waals surface area contributed by atoms with Crippen LogP contribution in [0.1, 0.15) is 15.9 Å². The number of benzene rings is 2. The summed E-state index contributed by atoms with van der Waals surface area (Å²) in [4.78, 5) is 16.7. The van der Waals surface area contributed by atoms with Crippen molar-refractivity contribution in [2.75, 3.05) is 40.8 Å². The Kier molecular flexibility index (Phi) is 6.36. The van der Waals surface area contributed by atoms with Crippen LogP contribution in [0.4, 0.5) is 4.39 Å². The van der Waals surface area contributed by atoms with E-state index in [0.29, 0.717) is 19.5 Å². The van der Waals surface area contributed by atoms with Crippen LogP contribution in [0.2, 0.25) is 0 Å². The first-order valence-corrected chi connectivity index (χ1v) is 10.9. The van der Waals surface area contributed by atoms with Crippen LogP contribution in [0.3, 0.4) is 0 Å². The number of sulfonamides is 1. The Hall–Kier alpha value is -2.29. The van der Waals surface area contributed by atoms with Crippen LogP contribution in [0.5, 0.6) is 0 Å². The summed E-state index contributed by atoms with van der Waals surface area (Å²) in [5.41, 5.74) is 1.30. The van der Waals surface area contributed by atoms with Gasteiger partial charge in [0.25, 0.3) is 5.91 Å². The lowest BCUT2D eigenvalue weighted by Crippen LogP contribution is -2.54. The van der Waals surface area contributed by atoms with E-state index in [1.54, 1.807) is 4.90 Å². The first-order valence-electron chi connectivity index (χ1n) is 9.45. The maximum Gasteiger partial charge on any atom is 0.254 e. The van der Waals surface area contributed by atoms with E-state index in [0.717, 1.165) is 28.5 Å². The highest BCUT2D eigenvalue weighted by Crippen LogP contribution is 2.22. The number of carbonyl (C=O) groups excluding carboxylic acids is 1. The summed E-state index contributed by atoms with van der Waals surface area (Å²) in [6, 6.07) is 13.4. The molecule has 0 aromatic heterocycles. The van der Waals surface area contributed by atoms with E-state index < -0.39 is 20.7 Å². The molecule has 1 saturated heterocycles. The van der Waals surface area contributed by atoms with Gasteiger partial charge in [-0.15, -0.1) is 0 Å². The molecule has 156 valence electrons. The SMILES string of the molecule is CN1CCN(C(=O)c2ccc(F)c(S(=O)(=O)N(C)C)c2)C(Cc2ccccc2)C1. The number of rotatable bonds is 5. The van der Waals surface area contributed by atoms with Gasteiger partial charge in [-0.05, 0) is 37.2 Å². The molecule has 1 aliphatic heterocycles. The molecule has 0 spiro atoms. The first-order chi connectivity index (χ1) is 13.7. The predicted octanol–water partition coefficient (Wildman–Crippen LogP) is 2.07. The highest BCUT2D eigenvalue weighted by atomic mass is 32.2. The molecule has 1 heterocycles. The van der Waals surface area contributed by atoms with Crippen LogP contribution in [-0.4, -0.2) is 75.2 Å². The second-order valence-corrected chi connectivity index (χ2v) is 9.66. The number of piperazine rings is 1. The number of halogens is 1. The molecule has 29 heavy (non-hydrogen) atoms. The van der Waals surface area contributed by atoms with Gasteiger partial charge >= 0.3 is 0 Å². The van der Waals surface area contributed by atoms with Gasteiger partial charge in [0.1, 0.15) is 10.7 Å². The molecule has 2 aromatic carbocycles. The molecule has 1 aliphatic rings. The number of hydrogen-bond donors (Lipinski definition) is 0. The van der Waals surface area contributed by atoms with Crippen molar-refractivity contribution in [1.29, 1.82) is 0 Å². The monoisotopic (exact) mass is 419 g/mol. The van der Waals surface area contributed by atoms with Crippen LogP contribution in [0, 0.1) is 5.82 Å². The van der Waals surface area contributed by atoms with Gasteiger partial charge in [-0.2, -0.15) is 0 Å². The number of likely N-dealkylation sites (N-methyl/N-ethyl adjacent to an activating group) is 1. The molecular formula is C21H26FN3O3S. The van der Waals surface area contributed by atoms with E-state index >= 15 is 0 Å². The van der Waals surface area contributed by atoms with E-state index in [9.17, 15) is 17.6 Å². The summed E-state index contributed by atoms with van der Waals surface area (Å²) < 4.78 is 40.0. The van der Waals surface area contributed by atoms with Crippen LogP contribution in [0.25, 0.3) is 0 Å². The minimum atomic E-state index is -3.99. The zero-order valence-electron chi connectivity index (χ0n) is 16.9. The van der Waals surface area contributed by atoms with E-state index in [1.165, 1.54) is 20.2 Å². The second-order valence-electron chi connectivity index (χ2n) is 7.54. The third-order valence-electron chi connectivity index (χ3n) is 5.20. The van der Waals surface area contributed by atoms with Crippen molar-refractivity contribution in [3.63, 3.8) is 0 Å². The van der Waals surface area contributed by atoms with Gasteiger partial charge < -0.3 is 9.80 Å². The average molecular weight is 420 g/mol. The first kappa shape index (κ1) is 21.4. The average Bonchev–Trinajstić information content (AvgIpc) is 2.68. The van der Waals surface area contributed by atoms with E-state index in [1.807, 2.05) is 37.4 Å². The largest absolute Gasteiger partial charge is 0.333 e. The molecule has 1 unspecified atom stereocenters. The Morgan fingerprint density at radius 2 is 1.83 bits per heavy atom. The maximum absolute atomic E-state index is 14.2. The molecule has 0 aliphatic carbocycles. The Morgan fingerprint density at radius 1 is 1.14 bits per heavy atom. The van der Waals surface area contributed by atoms with E-state index in [2.05, 4.69) is 4.90 Å². The molecule has 3 rings (SSSR count). The van der Waals surface area contributed by atoms with Crippen LogP contribution >= 0.6 is 0 Å². The van der Waals surface area contributed by atoms with Gasteiger partial charge in [0.2, 0.25) is 10.0 Å². The quantitative estimate of drug-likeness (QED) is 0.745. The molecule has 2 aromatic rings. The second kappa shape index (κ2) is 8.61. The zero-order valence-corrected chi connectivity index (χ0v) is 17.7. The van der Waals surface area contributed by atoms with Gasteiger partial charge in [0.15, 0.2) is 0 Å². The topological polar surface area (TPSA) is 60.9 Å². The third-order valence-corrected chi connectivity index (χ3v) is 7.03. The van der Waals surface area contributed by atoms with E-state index in [-0.39, 0.29) is 17.5 Å². The van der Waals surface area contributed by atoms with Crippen molar-refractivity contribution in [1.82, 2.24) is 14.1 Å². The van der Waals surface area contributed by atoms with Crippen molar-refractivity contribution in [2.24, 2.45) is 0 Å². The van der Waals surface area contributed by atoms with Crippen molar-refractivity contribution >= 4 is 15.9 Å². The molecule has 0 radical (unpaired) electrons. The van der Waals surface area contributed by atoms with Crippen LogP contribution < -0.4 is 0 Å². The van der Waals surface area contributed by atoms with Crippen molar-refractivity contribution in [3.05, 3.63) is 65.5 Å². The van der Waals surface area contributed by atoms with Gasteiger partial charge in [-0.1, -0.05) is 30.3 Å². The lowest BCUT2D eigenvalue weighted by Gasteiger charge is -2.40. The summed E-state index contributed by atoms with van der Waals surface area (Å²) in [5.74, 6) is -1.15. The van der Waals surface area contributed by atoms with Gasteiger partial charge in [-0.25, -0.2) is 17.1 Å². The van der Waals surface area contributed by atoms with Crippen molar-refractivity contribution in [2.45, 2.75) is 17.4 Å².